The normalized spacial score (nSPS) is 15.2. The molecule has 310 valence electrons. The van der Waals surface area contributed by atoms with Gasteiger partial charge in [-0.25, -0.2) is 0 Å². The first-order chi connectivity index (χ1) is 28.0. The number of carbonyl (C=O) groups excluding carboxylic acids is 1. The molecule has 60 heavy (non-hydrogen) atoms. The Labute approximate surface area is 478 Å². The Morgan fingerprint density at radius 2 is 1.22 bits per heavy atom. The van der Waals surface area contributed by atoms with Gasteiger partial charge in [-0.1, -0.05) is 86.6 Å². The van der Waals surface area contributed by atoms with Gasteiger partial charge in [-0.3, -0.25) is 9.69 Å². The van der Waals surface area contributed by atoms with Gasteiger partial charge >= 0.3 is 103 Å². The van der Waals surface area contributed by atoms with E-state index in [1.165, 1.54) is 18.1 Å². The van der Waals surface area contributed by atoms with Gasteiger partial charge in [0.05, 0.1) is 62.8 Å². The zero-order chi connectivity index (χ0) is 42.9. The molecule has 0 amide bonds. The summed E-state index contributed by atoms with van der Waals surface area (Å²) in [6.07, 6.45) is 0. The van der Waals surface area contributed by atoms with Gasteiger partial charge in [-0.2, -0.15) is 15.8 Å². The van der Waals surface area contributed by atoms with E-state index in [1.54, 1.807) is 18.2 Å². The average Bonchev–Trinajstić information content (AvgIpc) is 3.25. The number of nitriles is 3. The van der Waals surface area contributed by atoms with Crippen LogP contribution in [0, 0.1) is 34.0 Å². The molecule has 10 nitrogen and oxygen atoms in total. The molecule has 6 rings (SSSR count). The van der Waals surface area contributed by atoms with Crippen molar-refractivity contribution >= 4 is 103 Å². The Morgan fingerprint density at radius 3 is 1.60 bits per heavy atom. The van der Waals surface area contributed by atoms with Gasteiger partial charge in [0, 0.05) is 79.9 Å². The van der Waals surface area contributed by atoms with Crippen LogP contribution in [0.15, 0.2) is 84.9 Å². The van der Waals surface area contributed by atoms with E-state index in [0.717, 1.165) is 72.6 Å². The Balaban J connectivity index is 0. The van der Waals surface area contributed by atoms with Crippen molar-refractivity contribution in [2.75, 3.05) is 72.7 Å². The molecule has 2 aliphatic heterocycles. The van der Waals surface area contributed by atoms with E-state index in [4.69, 9.17) is 95.4 Å². The van der Waals surface area contributed by atoms with Crippen LogP contribution in [0.4, 0.5) is 11.4 Å². The van der Waals surface area contributed by atoms with E-state index in [2.05, 4.69) is 65.1 Å². The molecule has 2 saturated heterocycles. The van der Waals surface area contributed by atoms with E-state index >= 15 is 0 Å². The number of nitrogens with zero attached hydrogens (tertiary/aromatic N) is 6. The summed E-state index contributed by atoms with van der Waals surface area (Å²) < 4.78 is 0. The van der Waals surface area contributed by atoms with Crippen LogP contribution >= 0.6 is 85.5 Å². The van der Waals surface area contributed by atoms with E-state index < -0.39 is 0 Å². The van der Waals surface area contributed by atoms with Crippen molar-refractivity contribution in [3.05, 3.63) is 127 Å². The van der Waals surface area contributed by atoms with Crippen molar-refractivity contribution in [1.82, 2.24) is 10.2 Å². The van der Waals surface area contributed by atoms with Gasteiger partial charge in [-0.15, -0.1) is 23.2 Å². The monoisotopic (exact) mass is 1050 g/mol. The van der Waals surface area contributed by atoms with Crippen molar-refractivity contribution in [2.45, 2.75) is 19.0 Å². The molecule has 2 atom stereocenters. The van der Waals surface area contributed by atoms with Gasteiger partial charge in [0.25, 0.3) is 6.47 Å². The molecule has 4 aromatic carbocycles. The molecule has 1 N–H and O–H groups in total. The summed E-state index contributed by atoms with van der Waals surface area (Å²) in [6.45, 7) is 7.35. The van der Waals surface area contributed by atoms with Crippen LogP contribution < -0.4 is 123 Å². The first-order valence-corrected chi connectivity index (χ1v) is 21.3. The number of rotatable bonds is 8. The maximum absolute atomic E-state index is 9.06. The zero-order valence-electron chi connectivity index (χ0n) is 34.4. The van der Waals surface area contributed by atoms with Crippen molar-refractivity contribution < 1.29 is 119 Å². The molecule has 2 fully saturated rings. The number of alkyl halides is 3. The fourth-order valence-corrected chi connectivity index (χ4v) is 7.08. The summed E-state index contributed by atoms with van der Waals surface area (Å²) in [5.41, 5.74) is 5.43. The SMILES string of the molecule is CC#N.ClCCBr.N#Cc1ccc(N2CCN(CCCl)C[C@H]2c2ccc(Cl)cc2)c(Cl)c1.N#Cc1ccc(N2CCNC[C@H]2c2ccc(Cl)cc2)c(Cl)c1.O=CO[O-].[H-].[K+].[K+]. The van der Waals surface area contributed by atoms with E-state index in [0.29, 0.717) is 32.9 Å². The molecule has 0 bridgehead atoms. The van der Waals surface area contributed by atoms with Gasteiger partial charge in [0.15, 0.2) is 0 Å². The molecule has 0 unspecified atom stereocenters. The van der Waals surface area contributed by atoms with Crippen LogP contribution in [0.3, 0.4) is 0 Å². The standard InChI is InChI=1S/C19H18Cl3N3.C17H15Cl2N3.C2H4BrCl.C2H3N.CH2O3.2K.H/c20-7-8-24-9-10-25(18-6-1-14(12-23)11-17(18)22)19(13-24)15-2-4-16(21)5-3-15;18-14-4-2-13(3-5-14)17-11-21-7-8-22(17)16-6-1-12(10-20)9-15(16)19;3-1-2-4;1-2-3;2-1-4-3;;;/h1-6,11,19H,7-10,13H2;1-6,9,17,21H,7-8,11H2;1-2H2;1H3;1,3H;;;/q;;;;;2*+1;-1/p-1/t19-;17-;;;;;;/m00....../s1. The fraction of sp³-hybridized carbons (Fsp3) is 0.317. The van der Waals surface area contributed by atoms with Crippen molar-refractivity contribution in [3.8, 4) is 18.2 Å². The van der Waals surface area contributed by atoms with E-state index in [-0.39, 0.29) is 123 Å². The predicted octanol–water partition coefficient (Wildman–Crippen LogP) is 3.69. The Bertz CT molecular complexity index is 1980. The fourth-order valence-electron chi connectivity index (χ4n) is 6.01. The zero-order valence-corrected chi connectivity index (χ0v) is 45.8. The van der Waals surface area contributed by atoms with Crippen LogP contribution in [0.25, 0.3) is 0 Å². The predicted molar refractivity (Wildman–Crippen MR) is 240 cm³/mol. The summed E-state index contributed by atoms with van der Waals surface area (Å²) >= 11 is 39.1. The summed E-state index contributed by atoms with van der Waals surface area (Å²) in [5, 5.41) is 40.8. The summed E-state index contributed by atoms with van der Waals surface area (Å²) in [7, 11) is 0. The van der Waals surface area contributed by atoms with Crippen molar-refractivity contribution in [3.63, 3.8) is 0 Å². The summed E-state index contributed by atoms with van der Waals surface area (Å²) in [4.78, 5) is 18.2. The van der Waals surface area contributed by atoms with Gasteiger partial charge < -0.3 is 26.7 Å². The van der Waals surface area contributed by atoms with Gasteiger partial charge in [0.2, 0.25) is 0 Å². The maximum Gasteiger partial charge on any atom is 1.00 e. The minimum atomic E-state index is -0.181. The molecule has 2 heterocycles. The van der Waals surface area contributed by atoms with Crippen molar-refractivity contribution in [1.29, 1.82) is 15.8 Å². The molecule has 19 heteroatoms. The number of hydrogen-bond donors (Lipinski definition) is 1. The van der Waals surface area contributed by atoms with Crippen LogP contribution in [-0.4, -0.2) is 74.3 Å². The number of benzene rings is 4. The minimum absolute atomic E-state index is 0. The number of piperazine rings is 2. The molecular weight excluding hydrogens is 1010 g/mol. The number of carbonyl (C=O) groups is 1. The Kier molecular flexibility index (Phi) is 35.0. The second-order valence-corrected chi connectivity index (χ2v) is 15.3. The molecule has 2 aliphatic rings. The topological polar surface area (TPSA) is 142 Å². The maximum atomic E-state index is 9.06. The first-order valence-electron chi connectivity index (χ1n) is 17.6. The molecule has 0 spiro atoms. The Hall–Kier alpha value is -0.207. The van der Waals surface area contributed by atoms with E-state index in [9.17, 15) is 0 Å². The summed E-state index contributed by atoms with van der Waals surface area (Å²) in [5.74, 6) is 1.32. The average molecular weight is 1050 g/mol. The first kappa shape index (κ1) is 59.8. The van der Waals surface area contributed by atoms with Crippen molar-refractivity contribution in [2.24, 2.45) is 0 Å². The third-order valence-corrected chi connectivity index (χ3v) is 10.8. The quantitative estimate of drug-likeness (QED) is 0.0914. The molecular formula is C41H42BrCl6K2N7O3. The third-order valence-electron chi connectivity index (χ3n) is 8.50. The minimum Gasteiger partial charge on any atom is -1.00 e. The second-order valence-electron chi connectivity index (χ2n) is 12.1. The number of nitrogens with one attached hydrogen (secondary N) is 1. The smallest absolute Gasteiger partial charge is 1.00 e. The number of halogens is 7. The summed E-state index contributed by atoms with van der Waals surface area (Å²) in [6, 6.07) is 33.1. The number of anilines is 2. The van der Waals surface area contributed by atoms with Gasteiger partial charge in [-0.05, 0) is 71.8 Å². The van der Waals surface area contributed by atoms with Crippen LogP contribution in [0.1, 0.15) is 42.7 Å². The number of hydrogen-bond acceptors (Lipinski definition) is 10. The largest absolute Gasteiger partial charge is 1.00 e. The molecule has 0 aromatic heterocycles. The molecule has 0 aliphatic carbocycles. The molecule has 4 aromatic rings. The third kappa shape index (κ3) is 20.7. The van der Waals surface area contributed by atoms with Crippen LogP contribution in [-0.2, 0) is 9.68 Å². The van der Waals surface area contributed by atoms with Gasteiger partial charge in [0.1, 0.15) is 0 Å². The van der Waals surface area contributed by atoms with Crippen LogP contribution in [0.2, 0.25) is 20.1 Å². The molecule has 0 saturated carbocycles. The second kappa shape index (κ2) is 35.1. The van der Waals surface area contributed by atoms with Crippen LogP contribution in [0.5, 0.6) is 0 Å². The molecule has 0 radical (unpaired) electrons. The Morgan fingerprint density at radius 1 is 0.783 bits per heavy atom. The van der Waals surface area contributed by atoms with E-state index in [1.807, 2.05) is 60.7 Å².